The van der Waals surface area contributed by atoms with Crippen molar-refractivity contribution in [3.8, 4) is 0 Å². The van der Waals surface area contributed by atoms with Gasteiger partial charge in [0.15, 0.2) is 0 Å². The standard InChI is InChI=1S/C16H14BrF3N2O4/c1-26-14(24)11-6-8-5-9(17)4-7-2-3-10(13(23)22(11)12(7)8)21-15(25)16(18,19)20/h4-5,10-11H,2-3,6H2,1H3,(H,21,25)/t10-,11-/m0/s1. The van der Waals surface area contributed by atoms with Crippen LogP contribution in [-0.2, 0) is 32.0 Å². The molecule has 0 saturated heterocycles. The van der Waals surface area contributed by atoms with Gasteiger partial charge in [-0.2, -0.15) is 13.2 Å². The lowest BCUT2D eigenvalue weighted by atomic mass is 10.0. The van der Waals surface area contributed by atoms with E-state index in [0.717, 1.165) is 20.5 Å². The predicted octanol–water partition coefficient (Wildman–Crippen LogP) is 1.87. The number of carbonyl (C=O) groups excluding carboxylic acids is 3. The molecular weight excluding hydrogens is 421 g/mol. The minimum Gasteiger partial charge on any atom is -0.467 e. The summed E-state index contributed by atoms with van der Waals surface area (Å²) >= 11 is 3.36. The zero-order valence-corrected chi connectivity index (χ0v) is 15.1. The Labute approximate surface area is 154 Å². The molecule has 3 rings (SSSR count). The van der Waals surface area contributed by atoms with E-state index in [2.05, 4.69) is 15.9 Å². The van der Waals surface area contributed by atoms with Gasteiger partial charge in [0, 0.05) is 10.9 Å². The SMILES string of the molecule is COC(=O)[C@@H]1Cc2cc(Br)cc3c2N1C(=O)[C@@H](NC(=O)C(F)(F)F)CC3. The first kappa shape index (κ1) is 18.7. The lowest BCUT2D eigenvalue weighted by Gasteiger charge is -2.27. The van der Waals surface area contributed by atoms with Crippen molar-refractivity contribution >= 4 is 39.4 Å². The maximum absolute atomic E-state index is 12.9. The van der Waals surface area contributed by atoms with E-state index < -0.39 is 36.0 Å². The van der Waals surface area contributed by atoms with Gasteiger partial charge < -0.3 is 10.1 Å². The number of esters is 1. The van der Waals surface area contributed by atoms with E-state index in [1.54, 1.807) is 17.4 Å². The molecule has 2 atom stereocenters. The average molecular weight is 435 g/mol. The highest BCUT2D eigenvalue weighted by molar-refractivity contribution is 9.10. The van der Waals surface area contributed by atoms with E-state index in [1.165, 1.54) is 7.11 Å². The number of methoxy groups -OCH3 is 1. The predicted molar refractivity (Wildman–Crippen MR) is 87.4 cm³/mol. The Morgan fingerprint density at radius 1 is 1.31 bits per heavy atom. The number of aryl methyl sites for hydroxylation is 1. The highest BCUT2D eigenvalue weighted by Gasteiger charge is 2.47. The van der Waals surface area contributed by atoms with E-state index in [1.807, 2.05) is 0 Å². The summed E-state index contributed by atoms with van der Waals surface area (Å²) in [6.45, 7) is 0. The molecule has 0 radical (unpaired) electrons. The molecule has 1 N–H and O–H groups in total. The van der Waals surface area contributed by atoms with E-state index in [4.69, 9.17) is 4.74 Å². The largest absolute Gasteiger partial charge is 0.471 e. The Morgan fingerprint density at radius 2 is 1.96 bits per heavy atom. The Hall–Kier alpha value is -2.10. The van der Waals surface area contributed by atoms with Crippen molar-refractivity contribution in [1.29, 1.82) is 0 Å². The smallest absolute Gasteiger partial charge is 0.467 e. The molecule has 0 aliphatic carbocycles. The van der Waals surface area contributed by atoms with E-state index in [9.17, 15) is 27.6 Å². The van der Waals surface area contributed by atoms with Gasteiger partial charge in [0.25, 0.3) is 0 Å². The molecule has 0 bridgehead atoms. The average Bonchev–Trinajstić information content (AvgIpc) is 2.88. The van der Waals surface area contributed by atoms with Gasteiger partial charge >= 0.3 is 18.1 Å². The number of halogens is 4. The van der Waals surface area contributed by atoms with Crippen molar-refractivity contribution in [2.75, 3.05) is 12.0 Å². The second kappa shape index (κ2) is 6.57. The lowest BCUT2D eigenvalue weighted by molar-refractivity contribution is -0.174. The van der Waals surface area contributed by atoms with Crippen molar-refractivity contribution in [2.24, 2.45) is 0 Å². The first-order chi connectivity index (χ1) is 12.1. The van der Waals surface area contributed by atoms with Gasteiger partial charge in [-0.3, -0.25) is 14.5 Å². The zero-order chi connectivity index (χ0) is 19.2. The number of rotatable bonds is 2. The topological polar surface area (TPSA) is 75.7 Å². The molecule has 0 aromatic heterocycles. The summed E-state index contributed by atoms with van der Waals surface area (Å²) in [5.41, 5.74) is 1.95. The Morgan fingerprint density at radius 3 is 2.58 bits per heavy atom. The number of benzene rings is 1. The maximum atomic E-state index is 12.9. The summed E-state index contributed by atoms with van der Waals surface area (Å²) in [6.07, 6.45) is -4.63. The molecule has 0 unspecified atom stereocenters. The quantitative estimate of drug-likeness (QED) is 0.721. The number of nitrogens with zero attached hydrogens (tertiary/aromatic N) is 1. The van der Waals surface area contributed by atoms with Gasteiger partial charge in [-0.15, -0.1) is 0 Å². The monoisotopic (exact) mass is 434 g/mol. The summed E-state index contributed by atoms with van der Waals surface area (Å²) in [5.74, 6) is -3.60. The fourth-order valence-electron chi connectivity index (χ4n) is 3.38. The summed E-state index contributed by atoms with van der Waals surface area (Å²) in [5, 5.41) is 1.74. The molecule has 0 spiro atoms. The third-order valence-electron chi connectivity index (χ3n) is 4.47. The fraction of sp³-hybridized carbons (Fsp3) is 0.438. The van der Waals surface area contributed by atoms with Crippen molar-refractivity contribution < 1.29 is 32.3 Å². The molecular formula is C16H14BrF3N2O4. The van der Waals surface area contributed by atoms with E-state index in [0.29, 0.717) is 5.69 Å². The number of anilines is 1. The van der Waals surface area contributed by atoms with Crippen molar-refractivity contribution in [3.05, 3.63) is 27.7 Å². The van der Waals surface area contributed by atoms with Crippen LogP contribution in [0.25, 0.3) is 0 Å². The number of ether oxygens (including phenoxy) is 1. The molecule has 26 heavy (non-hydrogen) atoms. The fourth-order valence-corrected chi connectivity index (χ4v) is 3.93. The van der Waals surface area contributed by atoms with Crippen LogP contribution in [0.1, 0.15) is 17.5 Å². The van der Waals surface area contributed by atoms with E-state index >= 15 is 0 Å². The summed E-state index contributed by atoms with van der Waals surface area (Å²) in [4.78, 5) is 37.5. The Balaban J connectivity index is 2.01. The number of alkyl halides is 3. The first-order valence-electron chi connectivity index (χ1n) is 7.73. The minimum absolute atomic E-state index is 0.00601. The van der Waals surface area contributed by atoms with Crippen LogP contribution in [0.5, 0.6) is 0 Å². The molecule has 2 aliphatic rings. The molecule has 0 saturated carbocycles. The number of nitrogens with one attached hydrogen (secondary N) is 1. The minimum atomic E-state index is -5.10. The van der Waals surface area contributed by atoms with Crippen molar-refractivity contribution in [2.45, 2.75) is 37.5 Å². The van der Waals surface area contributed by atoms with Crippen LogP contribution in [-0.4, -0.2) is 43.2 Å². The molecule has 0 fully saturated rings. The van der Waals surface area contributed by atoms with Crippen LogP contribution in [0.2, 0.25) is 0 Å². The molecule has 2 heterocycles. The van der Waals surface area contributed by atoms with Gasteiger partial charge in [0.1, 0.15) is 12.1 Å². The van der Waals surface area contributed by atoms with Crippen molar-refractivity contribution in [3.63, 3.8) is 0 Å². The summed E-state index contributed by atoms with van der Waals surface area (Å²) < 4.78 is 43.2. The second-order valence-electron chi connectivity index (χ2n) is 6.09. The van der Waals surface area contributed by atoms with E-state index in [-0.39, 0.29) is 19.3 Å². The van der Waals surface area contributed by atoms with Gasteiger partial charge in [0.05, 0.1) is 12.8 Å². The molecule has 1 aromatic carbocycles. The van der Waals surface area contributed by atoms with Crippen LogP contribution >= 0.6 is 15.9 Å². The van der Waals surface area contributed by atoms with Crippen LogP contribution in [0.4, 0.5) is 18.9 Å². The number of hydrogen-bond donors (Lipinski definition) is 1. The highest BCUT2D eigenvalue weighted by Crippen LogP contribution is 2.41. The molecule has 1 aromatic rings. The summed E-state index contributed by atoms with van der Waals surface area (Å²) in [6, 6.07) is 1.16. The first-order valence-corrected chi connectivity index (χ1v) is 8.52. The Kier molecular flexibility index (Phi) is 4.72. The number of hydrogen-bond acceptors (Lipinski definition) is 4. The molecule has 2 aliphatic heterocycles. The lowest BCUT2D eigenvalue weighted by Crippen LogP contribution is -2.54. The third-order valence-corrected chi connectivity index (χ3v) is 4.93. The number of amides is 2. The van der Waals surface area contributed by atoms with Gasteiger partial charge in [-0.05, 0) is 36.1 Å². The zero-order valence-electron chi connectivity index (χ0n) is 13.5. The van der Waals surface area contributed by atoms with Gasteiger partial charge in [-0.1, -0.05) is 15.9 Å². The van der Waals surface area contributed by atoms with Crippen LogP contribution in [0.3, 0.4) is 0 Å². The molecule has 2 amide bonds. The third kappa shape index (κ3) is 3.17. The van der Waals surface area contributed by atoms with Crippen LogP contribution < -0.4 is 10.2 Å². The normalized spacial score (nSPS) is 21.9. The maximum Gasteiger partial charge on any atom is 0.471 e. The van der Waals surface area contributed by atoms with Gasteiger partial charge in [-0.25, -0.2) is 4.79 Å². The molecule has 140 valence electrons. The molecule has 10 heteroatoms. The highest BCUT2D eigenvalue weighted by atomic mass is 79.9. The van der Waals surface area contributed by atoms with Crippen molar-refractivity contribution in [1.82, 2.24) is 5.32 Å². The summed E-state index contributed by atoms with van der Waals surface area (Å²) in [7, 11) is 1.17. The second-order valence-corrected chi connectivity index (χ2v) is 7.00. The Bertz CT molecular complexity index is 796. The van der Waals surface area contributed by atoms with Crippen LogP contribution in [0.15, 0.2) is 16.6 Å². The molecule has 6 nitrogen and oxygen atoms in total. The number of carbonyl (C=O) groups is 3. The van der Waals surface area contributed by atoms with Gasteiger partial charge in [0.2, 0.25) is 5.91 Å². The van der Waals surface area contributed by atoms with Crippen LogP contribution in [0, 0.1) is 0 Å².